The number of nitrogens with one attached hydrogen (secondary N) is 1. The van der Waals surface area contributed by atoms with Gasteiger partial charge in [-0.3, -0.25) is 19.3 Å². The standard InChI is InChI=1S/C40H66N4O10/c1-26(2)30(19-28-11-12-33(50-9)35(20-28)51-18-10-17-49-8)21-32-34(22-31(27(3)4)36(45)42-23-40(5,6)38(41)47)52-24-44(32)39(48)54-25-53-37(46)29-13-15-43(7)16-14-29/h11-12,20,26-27,29-32,34H,10,13-19,21-25H2,1-9H3,(H2,41,47)(H,42,45). The van der Waals surface area contributed by atoms with Crippen molar-refractivity contribution in [2.75, 3.05) is 67.6 Å². The monoisotopic (exact) mass is 762 g/mol. The quantitative estimate of drug-likeness (QED) is 0.102. The molecule has 2 aliphatic rings. The van der Waals surface area contributed by atoms with E-state index in [0.717, 1.165) is 25.1 Å². The number of ether oxygens (including phenoxy) is 6. The molecule has 3 N–H and O–H groups in total. The first-order chi connectivity index (χ1) is 25.6. The first kappa shape index (κ1) is 44.8. The summed E-state index contributed by atoms with van der Waals surface area (Å²) in [7, 11) is 5.29. The third kappa shape index (κ3) is 13.3. The van der Waals surface area contributed by atoms with Crippen LogP contribution in [0.3, 0.4) is 0 Å². The van der Waals surface area contributed by atoms with Crippen molar-refractivity contribution in [2.24, 2.45) is 40.7 Å². The number of amides is 3. The molecule has 0 aromatic heterocycles. The van der Waals surface area contributed by atoms with Crippen LogP contribution in [-0.4, -0.2) is 113 Å². The van der Waals surface area contributed by atoms with Gasteiger partial charge in [0.2, 0.25) is 18.6 Å². The van der Waals surface area contributed by atoms with Gasteiger partial charge in [-0.25, -0.2) is 4.79 Å². The number of carbonyl (C=O) groups excluding carboxylic acids is 4. The summed E-state index contributed by atoms with van der Waals surface area (Å²) >= 11 is 0. The van der Waals surface area contributed by atoms with Crippen LogP contribution >= 0.6 is 0 Å². The molecule has 14 nitrogen and oxygen atoms in total. The highest BCUT2D eigenvalue weighted by Gasteiger charge is 2.43. The lowest BCUT2D eigenvalue weighted by Crippen LogP contribution is -2.47. The van der Waals surface area contributed by atoms with Crippen LogP contribution < -0.4 is 20.5 Å². The second-order valence-electron chi connectivity index (χ2n) is 16.1. The molecule has 54 heavy (non-hydrogen) atoms. The molecular weight excluding hydrogens is 696 g/mol. The van der Waals surface area contributed by atoms with Crippen LogP contribution in [0.25, 0.3) is 0 Å². The summed E-state index contributed by atoms with van der Waals surface area (Å²) < 4.78 is 34.0. The van der Waals surface area contributed by atoms with E-state index in [1.807, 2.05) is 39.1 Å². The molecule has 306 valence electrons. The number of carbonyl (C=O) groups is 4. The van der Waals surface area contributed by atoms with E-state index in [1.54, 1.807) is 33.0 Å². The molecule has 4 unspecified atom stereocenters. The zero-order valence-electron chi connectivity index (χ0n) is 34.0. The number of primary amides is 1. The molecule has 2 aliphatic heterocycles. The van der Waals surface area contributed by atoms with Crippen molar-refractivity contribution in [1.82, 2.24) is 15.1 Å². The highest BCUT2D eigenvalue weighted by molar-refractivity contribution is 5.83. The van der Waals surface area contributed by atoms with Gasteiger partial charge in [-0.15, -0.1) is 0 Å². The maximum Gasteiger partial charge on any atom is 0.414 e. The van der Waals surface area contributed by atoms with E-state index in [-0.39, 0.29) is 48.8 Å². The van der Waals surface area contributed by atoms with Crippen LogP contribution in [0.5, 0.6) is 11.5 Å². The smallest absolute Gasteiger partial charge is 0.414 e. The lowest BCUT2D eigenvalue weighted by Gasteiger charge is -2.33. The Morgan fingerprint density at radius 2 is 1.69 bits per heavy atom. The van der Waals surface area contributed by atoms with Gasteiger partial charge in [0.25, 0.3) is 0 Å². The van der Waals surface area contributed by atoms with E-state index >= 15 is 0 Å². The summed E-state index contributed by atoms with van der Waals surface area (Å²) in [4.78, 5) is 55.6. The fraction of sp³-hybridized carbons (Fsp3) is 0.750. The molecule has 0 bridgehead atoms. The predicted octanol–water partition coefficient (Wildman–Crippen LogP) is 4.61. The molecule has 3 rings (SSSR count). The Hall–Kier alpha value is -3.62. The average molecular weight is 763 g/mol. The van der Waals surface area contributed by atoms with Gasteiger partial charge in [-0.2, -0.15) is 0 Å². The molecule has 0 saturated carbocycles. The van der Waals surface area contributed by atoms with E-state index in [9.17, 15) is 19.2 Å². The summed E-state index contributed by atoms with van der Waals surface area (Å²) in [6.07, 6.45) is 2.59. The van der Waals surface area contributed by atoms with E-state index in [1.165, 1.54) is 0 Å². The second kappa shape index (κ2) is 21.5. The zero-order valence-corrected chi connectivity index (χ0v) is 34.0. The van der Waals surface area contributed by atoms with Gasteiger partial charge in [0.1, 0.15) is 6.73 Å². The largest absolute Gasteiger partial charge is 0.493 e. The molecule has 3 amide bonds. The Balaban J connectivity index is 1.81. The number of benzene rings is 1. The Morgan fingerprint density at radius 1 is 0.981 bits per heavy atom. The highest BCUT2D eigenvalue weighted by atomic mass is 16.7. The van der Waals surface area contributed by atoms with Crippen LogP contribution in [0.15, 0.2) is 18.2 Å². The SMILES string of the molecule is COCCCOc1cc(CC(CC2C(CC(C(=O)NCC(C)(C)C(N)=O)C(C)C)OCN2C(=O)OCOC(=O)C2CCN(C)CC2)C(C)C)ccc1OC. The molecule has 0 aliphatic carbocycles. The molecule has 2 fully saturated rings. The van der Waals surface area contributed by atoms with E-state index < -0.39 is 42.3 Å². The molecule has 14 heteroatoms. The van der Waals surface area contributed by atoms with Crippen molar-refractivity contribution in [3.8, 4) is 11.5 Å². The molecule has 0 radical (unpaired) electrons. The first-order valence-corrected chi connectivity index (χ1v) is 19.3. The van der Waals surface area contributed by atoms with E-state index in [4.69, 9.17) is 34.2 Å². The minimum Gasteiger partial charge on any atom is -0.493 e. The van der Waals surface area contributed by atoms with Crippen molar-refractivity contribution < 1.29 is 47.6 Å². The summed E-state index contributed by atoms with van der Waals surface area (Å²) in [6, 6.07) is 5.49. The fourth-order valence-electron chi connectivity index (χ4n) is 6.87. The zero-order chi connectivity index (χ0) is 40.0. The van der Waals surface area contributed by atoms with Gasteiger partial charge in [0.05, 0.1) is 37.2 Å². The Morgan fingerprint density at radius 3 is 2.30 bits per heavy atom. The van der Waals surface area contributed by atoms with Gasteiger partial charge < -0.3 is 44.4 Å². The van der Waals surface area contributed by atoms with Crippen molar-refractivity contribution in [2.45, 2.75) is 92.2 Å². The van der Waals surface area contributed by atoms with Crippen LogP contribution in [0, 0.1) is 35.0 Å². The van der Waals surface area contributed by atoms with Crippen LogP contribution in [-0.2, 0) is 39.8 Å². The third-order valence-corrected chi connectivity index (χ3v) is 10.9. The normalized spacial score (nSPS) is 19.4. The fourth-order valence-corrected chi connectivity index (χ4v) is 6.87. The van der Waals surface area contributed by atoms with Gasteiger partial charge >= 0.3 is 12.1 Å². The minimum atomic E-state index is -0.915. The number of hydrogen-bond acceptors (Lipinski definition) is 11. The van der Waals surface area contributed by atoms with Gasteiger partial charge in [-0.1, -0.05) is 33.8 Å². The predicted molar refractivity (Wildman–Crippen MR) is 204 cm³/mol. The molecule has 1 aromatic rings. The minimum absolute atomic E-state index is 0.0367. The van der Waals surface area contributed by atoms with E-state index in [2.05, 4.69) is 24.1 Å². The van der Waals surface area contributed by atoms with Crippen LogP contribution in [0.2, 0.25) is 0 Å². The Labute approximate surface area is 322 Å². The van der Waals surface area contributed by atoms with Gasteiger partial charge in [0.15, 0.2) is 11.5 Å². The van der Waals surface area contributed by atoms with Crippen molar-refractivity contribution >= 4 is 23.9 Å². The van der Waals surface area contributed by atoms with Crippen LogP contribution in [0.1, 0.15) is 79.2 Å². The average Bonchev–Trinajstić information content (AvgIpc) is 3.53. The molecule has 2 saturated heterocycles. The maximum atomic E-state index is 13.7. The number of hydrogen-bond donors (Lipinski definition) is 2. The molecule has 2 heterocycles. The summed E-state index contributed by atoms with van der Waals surface area (Å²) in [5.41, 5.74) is 5.69. The number of nitrogens with zero attached hydrogens (tertiary/aromatic N) is 2. The lowest BCUT2D eigenvalue weighted by molar-refractivity contribution is -0.159. The van der Waals surface area contributed by atoms with Gasteiger partial charge in [-0.05, 0) is 102 Å². The van der Waals surface area contributed by atoms with Crippen LogP contribution in [0.4, 0.5) is 4.79 Å². The summed E-state index contributed by atoms with van der Waals surface area (Å²) in [5, 5.41) is 2.92. The molecule has 1 aromatic carbocycles. The number of nitrogens with two attached hydrogens (primary N) is 1. The lowest BCUT2D eigenvalue weighted by atomic mass is 9.80. The third-order valence-electron chi connectivity index (χ3n) is 10.9. The first-order valence-electron chi connectivity index (χ1n) is 19.3. The Kier molecular flexibility index (Phi) is 17.8. The second-order valence-corrected chi connectivity index (χ2v) is 16.1. The van der Waals surface area contributed by atoms with Crippen molar-refractivity contribution in [1.29, 1.82) is 0 Å². The highest BCUT2D eigenvalue weighted by Crippen LogP contribution is 2.36. The number of rotatable bonds is 21. The van der Waals surface area contributed by atoms with Crippen molar-refractivity contribution in [3.05, 3.63) is 23.8 Å². The number of likely N-dealkylation sites (tertiary alicyclic amines) is 1. The van der Waals surface area contributed by atoms with E-state index in [0.29, 0.717) is 56.8 Å². The summed E-state index contributed by atoms with van der Waals surface area (Å²) in [5.74, 6) is -0.225. The molecule has 4 atom stereocenters. The number of piperidine rings is 1. The molecular formula is C40H66N4O10. The molecule has 0 spiro atoms. The van der Waals surface area contributed by atoms with Gasteiger partial charge in [0, 0.05) is 32.6 Å². The topological polar surface area (TPSA) is 168 Å². The maximum absolute atomic E-state index is 13.7. The van der Waals surface area contributed by atoms with Crippen molar-refractivity contribution in [3.63, 3.8) is 0 Å². The Bertz CT molecular complexity index is 1360. The summed E-state index contributed by atoms with van der Waals surface area (Å²) in [6.45, 7) is 13.9. The number of esters is 1. The number of methoxy groups -OCH3 is 2.